The van der Waals surface area contributed by atoms with Crippen LogP contribution in [0.5, 0.6) is 0 Å². The van der Waals surface area contributed by atoms with Crippen molar-refractivity contribution in [2.24, 2.45) is 0 Å². The van der Waals surface area contributed by atoms with Crippen LogP contribution in [0.1, 0.15) is 31.2 Å². The lowest BCUT2D eigenvalue weighted by molar-refractivity contribution is -0.138. The zero-order chi connectivity index (χ0) is 15.4. The summed E-state index contributed by atoms with van der Waals surface area (Å²) < 4.78 is 0.971. The van der Waals surface area contributed by atoms with Gasteiger partial charge in [0.25, 0.3) is 0 Å². The average molecular weight is 355 g/mol. The van der Waals surface area contributed by atoms with Gasteiger partial charge in [0.05, 0.1) is 0 Å². The molecule has 5 nitrogen and oxygen atoms in total. The fourth-order valence-electron chi connectivity index (χ4n) is 2.65. The van der Waals surface area contributed by atoms with Gasteiger partial charge in [0.2, 0.25) is 0 Å². The van der Waals surface area contributed by atoms with Crippen LogP contribution in [0.4, 0.5) is 10.5 Å². The van der Waals surface area contributed by atoms with E-state index in [4.69, 9.17) is 5.11 Å². The van der Waals surface area contributed by atoms with Crippen LogP contribution in [-0.2, 0) is 4.79 Å². The van der Waals surface area contributed by atoms with Crippen LogP contribution in [0, 0.1) is 6.92 Å². The second-order valence-corrected chi connectivity index (χ2v) is 6.21. The first-order valence-corrected chi connectivity index (χ1v) is 7.82. The van der Waals surface area contributed by atoms with Gasteiger partial charge in [-0.2, -0.15) is 0 Å². The number of carboxylic acid groups (broad SMARTS) is 1. The number of benzene rings is 1. The maximum atomic E-state index is 12.4. The van der Waals surface area contributed by atoms with Gasteiger partial charge in [0.15, 0.2) is 0 Å². The highest BCUT2D eigenvalue weighted by Crippen LogP contribution is 2.25. The molecule has 0 aliphatic heterocycles. The zero-order valence-electron chi connectivity index (χ0n) is 11.9. The summed E-state index contributed by atoms with van der Waals surface area (Å²) >= 11 is 3.41. The molecule has 0 spiro atoms. The Morgan fingerprint density at radius 3 is 2.62 bits per heavy atom. The lowest BCUT2D eigenvalue weighted by Gasteiger charge is -2.27. The number of rotatable bonds is 4. The fourth-order valence-corrected chi connectivity index (χ4v) is 2.89. The number of halogens is 1. The second-order valence-electron chi connectivity index (χ2n) is 5.35. The Balaban J connectivity index is 2.09. The van der Waals surface area contributed by atoms with Gasteiger partial charge < -0.3 is 15.3 Å². The Kier molecular flexibility index (Phi) is 5.22. The first kappa shape index (κ1) is 15.8. The molecule has 1 aromatic carbocycles. The number of hydrogen-bond acceptors (Lipinski definition) is 2. The molecule has 0 unspecified atom stereocenters. The molecule has 1 aliphatic carbocycles. The summed E-state index contributed by atoms with van der Waals surface area (Å²) in [7, 11) is 0. The lowest BCUT2D eigenvalue weighted by atomic mass is 10.2. The van der Waals surface area contributed by atoms with Gasteiger partial charge in [-0.1, -0.05) is 28.8 Å². The molecule has 1 aliphatic rings. The van der Waals surface area contributed by atoms with Gasteiger partial charge >= 0.3 is 12.0 Å². The van der Waals surface area contributed by atoms with Crippen LogP contribution in [0.3, 0.4) is 0 Å². The number of aliphatic carboxylic acids is 1. The van der Waals surface area contributed by atoms with Gasteiger partial charge in [0.1, 0.15) is 6.54 Å². The second kappa shape index (κ2) is 6.93. The summed E-state index contributed by atoms with van der Waals surface area (Å²) in [4.78, 5) is 24.8. The number of nitrogens with one attached hydrogen (secondary N) is 1. The van der Waals surface area contributed by atoms with E-state index in [1.54, 1.807) is 6.07 Å². The van der Waals surface area contributed by atoms with Crippen LogP contribution in [0.15, 0.2) is 22.7 Å². The fraction of sp³-hybridized carbons (Fsp3) is 0.467. The van der Waals surface area contributed by atoms with Crippen molar-refractivity contribution in [3.05, 3.63) is 28.2 Å². The van der Waals surface area contributed by atoms with Crippen LogP contribution in [0.2, 0.25) is 0 Å². The van der Waals surface area contributed by atoms with Crippen LogP contribution >= 0.6 is 15.9 Å². The smallest absolute Gasteiger partial charge is 0.323 e. The van der Waals surface area contributed by atoms with Crippen molar-refractivity contribution in [1.82, 2.24) is 4.90 Å². The Labute approximate surface area is 132 Å². The van der Waals surface area contributed by atoms with Crippen LogP contribution in [-0.4, -0.2) is 34.6 Å². The van der Waals surface area contributed by atoms with Crippen LogP contribution < -0.4 is 5.32 Å². The van der Waals surface area contributed by atoms with Gasteiger partial charge in [0, 0.05) is 16.2 Å². The maximum absolute atomic E-state index is 12.4. The summed E-state index contributed by atoms with van der Waals surface area (Å²) in [6.45, 7) is 1.68. The topological polar surface area (TPSA) is 69.6 Å². The maximum Gasteiger partial charge on any atom is 0.323 e. The van der Waals surface area contributed by atoms with Crippen molar-refractivity contribution in [1.29, 1.82) is 0 Å². The largest absolute Gasteiger partial charge is 0.480 e. The van der Waals surface area contributed by atoms with Crippen molar-refractivity contribution < 1.29 is 14.7 Å². The van der Waals surface area contributed by atoms with E-state index in [0.29, 0.717) is 5.69 Å². The molecule has 2 amide bonds. The van der Waals surface area contributed by atoms with Gasteiger partial charge in [-0.15, -0.1) is 0 Å². The van der Waals surface area contributed by atoms with Crippen molar-refractivity contribution in [2.75, 3.05) is 11.9 Å². The normalized spacial score (nSPS) is 15.0. The number of nitrogens with zero attached hydrogens (tertiary/aromatic N) is 1. The predicted octanol–water partition coefficient (Wildman–Crippen LogP) is 3.62. The molecule has 0 radical (unpaired) electrons. The van der Waals surface area contributed by atoms with E-state index < -0.39 is 5.97 Å². The number of anilines is 1. The summed E-state index contributed by atoms with van der Waals surface area (Å²) in [5.74, 6) is -0.982. The molecule has 0 aromatic heterocycles. The Morgan fingerprint density at radius 2 is 2.05 bits per heavy atom. The molecule has 114 valence electrons. The third kappa shape index (κ3) is 4.20. The van der Waals surface area contributed by atoms with Crippen LogP contribution in [0.25, 0.3) is 0 Å². The molecule has 0 atom stereocenters. The first-order valence-electron chi connectivity index (χ1n) is 7.03. The zero-order valence-corrected chi connectivity index (χ0v) is 13.5. The Hall–Kier alpha value is -1.56. The SMILES string of the molecule is Cc1cc(NC(=O)N(CC(=O)O)C2CCCC2)ccc1Br. The third-order valence-corrected chi connectivity index (χ3v) is 4.63. The molecule has 0 heterocycles. The summed E-state index contributed by atoms with van der Waals surface area (Å²) in [6, 6.07) is 5.20. The minimum absolute atomic E-state index is 0.0256. The van der Waals surface area contributed by atoms with E-state index >= 15 is 0 Å². The van der Waals surface area contributed by atoms with E-state index in [1.807, 2.05) is 19.1 Å². The molecule has 21 heavy (non-hydrogen) atoms. The molecule has 1 aromatic rings. The van der Waals surface area contributed by atoms with Gasteiger partial charge in [-0.25, -0.2) is 4.79 Å². The number of hydrogen-bond donors (Lipinski definition) is 2. The highest BCUT2D eigenvalue weighted by Gasteiger charge is 2.28. The molecule has 0 saturated heterocycles. The minimum Gasteiger partial charge on any atom is -0.480 e. The number of urea groups is 1. The molecule has 0 bridgehead atoms. The first-order chi connectivity index (χ1) is 9.97. The highest BCUT2D eigenvalue weighted by atomic mass is 79.9. The number of carbonyl (C=O) groups is 2. The predicted molar refractivity (Wildman–Crippen MR) is 84.5 cm³/mol. The molecular formula is C15H19BrN2O3. The summed E-state index contributed by atoms with van der Waals surface area (Å²) in [5, 5.41) is 11.8. The van der Waals surface area contributed by atoms with E-state index in [9.17, 15) is 9.59 Å². The molecule has 6 heteroatoms. The number of carbonyl (C=O) groups excluding carboxylic acids is 1. The van der Waals surface area contributed by atoms with Crippen molar-refractivity contribution in [3.63, 3.8) is 0 Å². The standard InChI is InChI=1S/C15H19BrN2O3/c1-10-8-11(6-7-13(10)16)17-15(21)18(9-14(19)20)12-4-2-3-5-12/h6-8,12H,2-5,9H2,1H3,(H,17,21)(H,19,20). The molecule has 1 saturated carbocycles. The van der Waals surface area contributed by atoms with E-state index in [2.05, 4.69) is 21.2 Å². The van der Waals surface area contributed by atoms with E-state index in [1.165, 1.54) is 4.90 Å². The number of carboxylic acids is 1. The van der Waals surface area contributed by atoms with Crippen molar-refractivity contribution in [3.8, 4) is 0 Å². The molecule has 2 N–H and O–H groups in total. The lowest BCUT2D eigenvalue weighted by Crippen LogP contribution is -2.44. The van der Waals surface area contributed by atoms with Crippen molar-refractivity contribution in [2.45, 2.75) is 38.6 Å². The van der Waals surface area contributed by atoms with E-state index in [-0.39, 0.29) is 18.6 Å². The summed E-state index contributed by atoms with van der Waals surface area (Å²) in [6.07, 6.45) is 3.84. The Bertz CT molecular complexity index is 542. The Morgan fingerprint density at radius 1 is 1.38 bits per heavy atom. The number of amides is 2. The average Bonchev–Trinajstić information content (AvgIpc) is 2.93. The van der Waals surface area contributed by atoms with Crippen molar-refractivity contribution >= 4 is 33.6 Å². The monoisotopic (exact) mass is 354 g/mol. The van der Waals surface area contributed by atoms with Gasteiger partial charge in [-0.3, -0.25) is 4.79 Å². The highest BCUT2D eigenvalue weighted by molar-refractivity contribution is 9.10. The number of aryl methyl sites for hydroxylation is 1. The molecule has 1 fully saturated rings. The van der Waals surface area contributed by atoms with Gasteiger partial charge in [-0.05, 0) is 43.5 Å². The minimum atomic E-state index is -0.982. The third-order valence-electron chi connectivity index (χ3n) is 3.74. The molecular weight excluding hydrogens is 336 g/mol. The van der Waals surface area contributed by atoms with E-state index in [0.717, 1.165) is 35.7 Å². The summed E-state index contributed by atoms with van der Waals surface area (Å²) in [5.41, 5.74) is 1.69. The quantitative estimate of drug-likeness (QED) is 0.867. The molecule has 2 rings (SSSR count).